The molecule has 4 aromatic rings. The molecular weight excluding hydrogens is 554 g/mol. The summed E-state index contributed by atoms with van der Waals surface area (Å²) in [6.07, 6.45) is 2.55. The molecule has 0 unspecified atom stereocenters. The minimum atomic E-state index is -1.07. The second-order valence-corrected chi connectivity index (χ2v) is 10.5. The lowest BCUT2D eigenvalue weighted by atomic mass is 10.0. The summed E-state index contributed by atoms with van der Waals surface area (Å²) in [5.41, 5.74) is 8.89. The third kappa shape index (κ3) is 8.94. The Bertz CT molecular complexity index is 1520. The van der Waals surface area contributed by atoms with Crippen LogP contribution in [0.25, 0.3) is 10.9 Å². The Labute approximate surface area is 249 Å². The summed E-state index contributed by atoms with van der Waals surface area (Å²) in [6.45, 7) is 0.381. The number of aromatic nitrogens is 1. The number of nitrogens with one attached hydrogen (secondary N) is 4. The second-order valence-electron chi connectivity index (χ2n) is 10.1. The van der Waals surface area contributed by atoms with Crippen molar-refractivity contribution in [2.75, 3.05) is 6.54 Å². The number of hydrogen-bond acceptors (Lipinski definition) is 4. The number of hydrogen-bond donors (Lipinski definition) is 5. The number of H-pyrrole nitrogens is 1. The number of rotatable bonds is 14. The molecule has 10 heteroatoms. The van der Waals surface area contributed by atoms with E-state index in [0.29, 0.717) is 23.6 Å². The van der Waals surface area contributed by atoms with Gasteiger partial charge in [-0.15, -0.1) is 0 Å². The normalized spacial score (nSPS) is 12.3. The molecule has 4 rings (SSSR count). The van der Waals surface area contributed by atoms with Crippen molar-refractivity contribution in [1.29, 1.82) is 0 Å². The van der Waals surface area contributed by atoms with Crippen molar-refractivity contribution in [2.45, 2.75) is 44.2 Å². The number of carbonyl (C=O) groups is 4. The van der Waals surface area contributed by atoms with Gasteiger partial charge in [-0.05, 0) is 47.7 Å². The Morgan fingerprint density at radius 3 is 2.26 bits per heavy atom. The lowest BCUT2D eigenvalue weighted by molar-refractivity contribution is -0.132. The van der Waals surface area contributed by atoms with Gasteiger partial charge in [0.2, 0.25) is 23.6 Å². The summed E-state index contributed by atoms with van der Waals surface area (Å²) in [4.78, 5) is 54.5. The molecule has 4 amide bonds. The molecule has 42 heavy (non-hydrogen) atoms. The Morgan fingerprint density at radius 1 is 0.810 bits per heavy atom. The van der Waals surface area contributed by atoms with E-state index in [1.165, 1.54) is 0 Å². The highest BCUT2D eigenvalue weighted by atomic mass is 35.5. The van der Waals surface area contributed by atoms with Crippen molar-refractivity contribution >= 4 is 46.1 Å². The molecule has 6 N–H and O–H groups in total. The van der Waals surface area contributed by atoms with Crippen molar-refractivity contribution in [3.8, 4) is 0 Å². The number of amides is 4. The molecule has 0 saturated carbocycles. The molecule has 0 radical (unpaired) electrons. The number of primary amides is 1. The fourth-order valence-corrected chi connectivity index (χ4v) is 4.81. The van der Waals surface area contributed by atoms with Crippen LogP contribution in [0.2, 0.25) is 5.02 Å². The minimum Gasteiger partial charge on any atom is -0.370 e. The van der Waals surface area contributed by atoms with Crippen LogP contribution in [-0.4, -0.2) is 47.2 Å². The van der Waals surface area contributed by atoms with Crippen LogP contribution in [0.4, 0.5) is 0 Å². The van der Waals surface area contributed by atoms with Crippen LogP contribution in [-0.2, 0) is 38.4 Å². The maximum Gasteiger partial charge on any atom is 0.243 e. The average molecular weight is 588 g/mol. The van der Waals surface area contributed by atoms with Crippen LogP contribution >= 0.6 is 11.6 Å². The monoisotopic (exact) mass is 587 g/mol. The predicted octanol–water partition coefficient (Wildman–Crippen LogP) is 3.20. The Hall–Kier alpha value is -4.63. The fraction of sp³-hybridized carbons (Fsp3) is 0.250. The number of para-hydroxylation sites is 1. The van der Waals surface area contributed by atoms with E-state index >= 15 is 0 Å². The van der Waals surface area contributed by atoms with E-state index in [9.17, 15) is 19.2 Å². The summed E-state index contributed by atoms with van der Waals surface area (Å²) < 4.78 is 0. The molecule has 218 valence electrons. The highest BCUT2D eigenvalue weighted by Crippen LogP contribution is 2.19. The molecule has 1 heterocycles. The number of aromatic amines is 1. The van der Waals surface area contributed by atoms with Gasteiger partial charge >= 0.3 is 0 Å². The summed E-state index contributed by atoms with van der Waals surface area (Å²) in [5.74, 6) is -1.95. The molecule has 0 aliphatic carbocycles. The number of benzene rings is 3. The van der Waals surface area contributed by atoms with E-state index in [2.05, 4.69) is 20.9 Å². The third-order valence-electron chi connectivity index (χ3n) is 6.90. The van der Waals surface area contributed by atoms with Gasteiger partial charge < -0.3 is 26.7 Å². The third-order valence-corrected chi connectivity index (χ3v) is 7.15. The van der Waals surface area contributed by atoms with Crippen molar-refractivity contribution < 1.29 is 19.2 Å². The van der Waals surface area contributed by atoms with Gasteiger partial charge in [0.05, 0.1) is 6.42 Å². The molecule has 0 aliphatic heterocycles. The first-order valence-electron chi connectivity index (χ1n) is 13.8. The fourth-order valence-electron chi connectivity index (χ4n) is 4.69. The molecule has 3 aromatic carbocycles. The Morgan fingerprint density at radius 2 is 1.52 bits per heavy atom. The first kappa shape index (κ1) is 30.3. The standard InChI is InChI=1S/C32H34ClN5O4/c33-24-12-10-22(11-13-24)18-30(40)37-27(14-15-29(34)39)32(42)38-28(19-23-20-36-26-9-5-4-8-25(23)26)31(41)35-17-16-21-6-2-1-3-7-21/h1-13,20,27-28,36H,14-19H2,(H2,34,39)(H,35,41)(H,37,40)(H,38,42)/t27-,28+/m0/s1. The van der Waals surface area contributed by atoms with Gasteiger partial charge in [0.15, 0.2) is 0 Å². The number of carbonyl (C=O) groups excluding carboxylic acids is 4. The van der Waals surface area contributed by atoms with Crippen molar-refractivity contribution in [2.24, 2.45) is 5.73 Å². The van der Waals surface area contributed by atoms with Gasteiger partial charge in [-0.3, -0.25) is 19.2 Å². The van der Waals surface area contributed by atoms with Crippen molar-refractivity contribution in [3.05, 3.63) is 107 Å². The Balaban J connectivity index is 1.48. The molecule has 9 nitrogen and oxygen atoms in total. The van der Waals surface area contributed by atoms with Gasteiger partial charge in [-0.1, -0.05) is 72.3 Å². The van der Waals surface area contributed by atoms with Crippen LogP contribution < -0.4 is 21.7 Å². The zero-order valence-corrected chi connectivity index (χ0v) is 23.8. The maximum absolute atomic E-state index is 13.5. The zero-order valence-electron chi connectivity index (χ0n) is 23.1. The van der Waals surface area contributed by atoms with Crippen LogP contribution in [0.15, 0.2) is 85.1 Å². The van der Waals surface area contributed by atoms with Crippen LogP contribution in [0.1, 0.15) is 29.5 Å². The van der Waals surface area contributed by atoms with Gasteiger partial charge in [0.1, 0.15) is 12.1 Å². The molecule has 0 saturated heterocycles. The molecule has 0 bridgehead atoms. The van der Waals surface area contributed by atoms with Crippen LogP contribution in [0.5, 0.6) is 0 Å². The quantitative estimate of drug-likeness (QED) is 0.154. The lowest BCUT2D eigenvalue weighted by Gasteiger charge is -2.23. The Kier molecular flexibility index (Phi) is 10.7. The van der Waals surface area contributed by atoms with Crippen molar-refractivity contribution in [1.82, 2.24) is 20.9 Å². The van der Waals surface area contributed by atoms with Gasteiger partial charge in [0.25, 0.3) is 0 Å². The molecule has 0 aliphatic rings. The van der Waals surface area contributed by atoms with Gasteiger partial charge in [0, 0.05) is 41.5 Å². The molecule has 2 atom stereocenters. The largest absolute Gasteiger partial charge is 0.370 e. The summed E-state index contributed by atoms with van der Waals surface area (Å²) in [5, 5.41) is 9.93. The average Bonchev–Trinajstić information content (AvgIpc) is 3.39. The number of halogens is 1. The van der Waals surface area contributed by atoms with Crippen LogP contribution in [0, 0.1) is 0 Å². The minimum absolute atomic E-state index is 0.0102. The SMILES string of the molecule is NC(=O)CC[C@H](NC(=O)Cc1ccc(Cl)cc1)C(=O)N[C@H](Cc1c[nH]c2ccccc12)C(=O)NCCc1ccccc1. The molecule has 0 spiro atoms. The highest BCUT2D eigenvalue weighted by Gasteiger charge is 2.28. The molecule has 0 fully saturated rings. The van der Waals surface area contributed by atoms with E-state index in [1.807, 2.05) is 60.8 Å². The highest BCUT2D eigenvalue weighted by molar-refractivity contribution is 6.30. The van der Waals surface area contributed by atoms with Gasteiger partial charge in [-0.25, -0.2) is 0 Å². The summed E-state index contributed by atoms with van der Waals surface area (Å²) in [7, 11) is 0. The topological polar surface area (TPSA) is 146 Å². The van der Waals surface area contributed by atoms with E-state index in [1.54, 1.807) is 24.3 Å². The van der Waals surface area contributed by atoms with Crippen molar-refractivity contribution in [3.63, 3.8) is 0 Å². The molecule has 1 aromatic heterocycles. The molecular formula is C32H34ClN5O4. The maximum atomic E-state index is 13.5. The van der Waals surface area contributed by atoms with E-state index in [4.69, 9.17) is 17.3 Å². The lowest BCUT2D eigenvalue weighted by Crippen LogP contribution is -2.55. The predicted molar refractivity (Wildman–Crippen MR) is 163 cm³/mol. The first-order valence-corrected chi connectivity index (χ1v) is 14.2. The van der Waals surface area contributed by atoms with Crippen LogP contribution in [0.3, 0.4) is 0 Å². The van der Waals surface area contributed by atoms with E-state index < -0.39 is 29.8 Å². The smallest absolute Gasteiger partial charge is 0.243 e. The summed E-state index contributed by atoms with van der Waals surface area (Å²) >= 11 is 5.93. The van der Waals surface area contributed by atoms with E-state index in [0.717, 1.165) is 22.0 Å². The van der Waals surface area contributed by atoms with Gasteiger partial charge in [-0.2, -0.15) is 0 Å². The number of fused-ring (bicyclic) bond motifs is 1. The second kappa shape index (κ2) is 14.8. The summed E-state index contributed by atoms with van der Waals surface area (Å²) in [6, 6.07) is 22.2. The van der Waals surface area contributed by atoms with E-state index in [-0.39, 0.29) is 31.6 Å². The zero-order chi connectivity index (χ0) is 29.9. The first-order chi connectivity index (χ1) is 20.3. The number of nitrogens with two attached hydrogens (primary N) is 1.